The summed E-state index contributed by atoms with van der Waals surface area (Å²) in [6.45, 7) is 5.21. The van der Waals surface area contributed by atoms with E-state index in [1.54, 1.807) is 16.8 Å². The van der Waals surface area contributed by atoms with Crippen LogP contribution in [-0.4, -0.2) is 63.8 Å². The maximum Gasteiger partial charge on any atom is 0.262 e. The van der Waals surface area contributed by atoms with E-state index in [1.807, 2.05) is 41.8 Å². The second kappa shape index (κ2) is 12.1. The lowest BCUT2D eigenvalue weighted by molar-refractivity contribution is -0.113. The van der Waals surface area contributed by atoms with E-state index in [-0.39, 0.29) is 17.2 Å². The van der Waals surface area contributed by atoms with Crippen molar-refractivity contribution in [2.45, 2.75) is 18.1 Å². The van der Waals surface area contributed by atoms with Crippen LogP contribution in [0.4, 0.5) is 10.8 Å². The number of carbonyl (C=O) groups is 1. The molecule has 1 fully saturated rings. The number of nitrogens with one attached hydrogen (secondary N) is 1. The number of thiazole rings is 1. The molecule has 2 aromatic carbocycles. The molecule has 4 aromatic rings. The van der Waals surface area contributed by atoms with E-state index in [9.17, 15) is 9.59 Å². The highest BCUT2D eigenvalue weighted by molar-refractivity contribution is 7.99. The third kappa shape index (κ3) is 6.51. The number of hydrogen-bond donors (Lipinski definition) is 1. The van der Waals surface area contributed by atoms with Crippen LogP contribution in [0.1, 0.15) is 6.42 Å². The summed E-state index contributed by atoms with van der Waals surface area (Å²) in [5.41, 5.74) is 1.73. The number of benzene rings is 2. The summed E-state index contributed by atoms with van der Waals surface area (Å²) in [4.78, 5) is 39.3. The van der Waals surface area contributed by atoms with E-state index in [2.05, 4.69) is 26.2 Å². The Kier molecular flexibility index (Phi) is 8.40. The molecular formula is C26H27ClN6O2S2. The molecular weight excluding hydrogens is 528 g/mol. The smallest absolute Gasteiger partial charge is 0.262 e. The minimum Gasteiger partial charge on any atom is -0.369 e. The molecule has 192 valence electrons. The van der Waals surface area contributed by atoms with Gasteiger partial charge in [-0.05, 0) is 43.3 Å². The van der Waals surface area contributed by atoms with Gasteiger partial charge in [0.05, 0.1) is 16.7 Å². The highest BCUT2D eigenvalue weighted by atomic mass is 35.5. The minimum absolute atomic E-state index is 0.0702. The van der Waals surface area contributed by atoms with Gasteiger partial charge in [-0.25, -0.2) is 9.97 Å². The summed E-state index contributed by atoms with van der Waals surface area (Å²) in [6, 6.07) is 15.3. The Bertz CT molecular complexity index is 1420. The highest BCUT2D eigenvalue weighted by Crippen LogP contribution is 2.22. The Morgan fingerprint density at radius 1 is 1.08 bits per heavy atom. The molecule has 37 heavy (non-hydrogen) atoms. The number of hydrogen-bond acceptors (Lipinski definition) is 8. The van der Waals surface area contributed by atoms with E-state index >= 15 is 0 Å². The lowest BCUT2D eigenvalue weighted by Gasteiger charge is -2.36. The van der Waals surface area contributed by atoms with Crippen molar-refractivity contribution in [3.05, 3.63) is 75.5 Å². The molecule has 8 nitrogen and oxygen atoms in total. The van der Waals surface area contributed by atoms with Crippen molar-refractivity contribution in [1.29, 1.82) is 0 Å². The van der Waals surface area contributed by atoms with Crippen LogP contribution in [0.3, 0.4) is 0 Å². The fourth-order valence-electron chi connectivity index (χ4n) is 4.38. The Balaban J connectivity index is 1.21. The van der Waals surface area contributed by atoms with E-state index in [1.165, 1.54) is 23.1 Å². The monoisotopic (exact) mass is 554 g/mol. The number of carbonyl (C=O) groups excluding carboxylic acids is 1. The zero-order chi connectivity index (χ0) is 25.6. The SMILES string of the molecule is O=C(CSc1nc2ccccc2c(=O)n1CCCN1CCN(c2cccc(Cl)c2)CC1)Nc1nccs1. The molecule has 0 aliphatic carbocycles. The summed E-state index contributed by atoms with van der Waals surface area (Å²) in [7, 11) is 0. The maximum absolute atomic E-state index is 13.3. The van der Waals surface area contributed by atoms with Crippen LogP contribution in [0.15, 0.2) is 70.1 Å². The van der Waals surface area contributed by atoms with Crippen molar-refractivity contribution in [1.82, 2.24) is 19.4 Å². The number of amides is 1. The lowest BCUT2D eigenvalue weighted by atomic mass is 10.2. The number of rotatable bonds is 9. The van der Waals surface area contributed by atoms with Crippen molar-refractivity contribution in [3.63, 3.8) is 0 Å². The van der Waals surface area contributed by atoms with Gasteiger partial charge >= 0.3 is 0 Å². The van der Waals surface area contributed by atoms with Crippen LogP contribution < -0.4 is 15.8 Å². The summed E-state index contributed by atoms with van der Waals surface area (Å²) in [6.07, 6.45) is 2.46. The normalized spacial score (nSPS) is 14.2. The number of fused-ring (bicyclic) bond motifs is 1. The Morgan fingerprint density at radius 3 is 2.70 bits per heavy atom. The van der Waals surface area contributed by atoms with Gasteiger partial charge in [-0.2, -0.15) is 0 Å². The molecule has 0 atom stereocenters. The van der Waals surface area contributed by atoms with Gasteiger partial charge in [0.2, 0.25) is 5.91 Å². The number of nitrogens with zero attached hydrogens (tertiary/aromatic N) is 5. The van der Waals surface area contributed by atoms with Crippen molar-refractivity contribution in [2.75, 3.05) is 48.7 Å². The first-order valence-electron chi connectivity index (χ1n) is 12.1. The quantitative estimate of drug-likeness (QED) is 0.242. The topological polar surface area (TPSA) is 83.4 Å². The molecule has 1 saturated heterocycles. The average molecular weight is 555 g/mol. The largest absolute Gasteiger partial charge is 0.369 e. The Morgan fingerprint density at radius 2 is 1.92 bits per heavy atom. The molecule has 3 heterocycles. The Hall–Kier alpha value is -2.92. The average Bonchev–Trinajstić information content (AvgIpc) is 3.42. The third-order valence-electron chi connectivity index (χ3n) is 6.24. The fraction of sp³-hybridized carbons (Fsp3) is 0.308. The maximum atomic E-state index is 13.3. The number of piperazine rings is 1. The molecule has 0 saturated carbocycles. The van der Waals surface area contributed by atoms with Gasteiger partial charge in [0.25, 0.3) is 5.56 Å². The van der Waals surface area contributed by atoms with Crippen molar-refractivity contribution >= 4 is 62.3 Å². The molecule has 1 aliphatic rings. The minimum atomic E-state index is -0.175. The first kappa shape index (κ1) is 25.7. The second-order valence-electron chi connectivity index (χ2n) is 8.70. The fourth-order valence-corrected chi connectivity index (χ4v) is 5.94. The summed E-state index contributed by atoms with van der Waals surface area (Å²) < 4.78 is 1.71. The highest BCUT2D eigenvalue weighted by Gasteiger charge is 2.18. The van der Waals surface area contributed by atoms with Crippen LogP contribution in [0.5, 0.6) is 0 Å². The van der Waals surface area contributed by atoms with Crippen LogP contribution in [0.2, 0.25) is 5.02 Å². The molecule has 1 aliphatic heterocycles. The number of halogens is 1. The molecule has 0 bridgehead atoms. The van der Waals surface area contributed by atoms with E-state index in [0.29, 0.717) is 27.7 Å². The molecule has 0 radical (unpaired) electrons. The number of aromatic nitrogens is 3. The number of anilines is 2. The summed E-state index contributed by atoms with van der Waals surface area (Å²) in [5.74, 6) is -0.0259. The van der Waals surface area contributed by atoms with E-state index < -0.39 is 0 Å². The predicted octanol–water partition coefficient (Wildman–Crippen LogP) is 4.45. The number of thioether (sulfide) groups is 1. The molecule has 1 amide bonds. The van der Waals surface area contributed by atoms with Crippen molar-refractivity contribution in [2.24, 2.45) is 0 Å². The molecule has 2 aromatic heterocycles. The van der Waals surface area contributed by atoms with Crippen LogP contribution in [0.25, 0.3) is 10.9 Å². The number of para-hydroxylation sites is 1. The molecule has 11 heteroatoms. The van der Waals surface area contributed by atoms with E-state index in [4.69, 9.17) is 16.6 Å². The molecule has 5 rings (SSSR count). The standard InChI is InChI=1S/C26H27ClN6O2S2/c27-19-5-3-6-20(17-19)32-14-12-31(13-15-32)10-4-11-33-24(35)21-7-1-2-8-22(21)29-26(33)37-18-23(34)30-25-28-9-16-36-25/h1-3,5-9,16-17H,4,10-15,18H2,(H,28,30,34). The van der Waals surface area contributed by atoms with Gasteiger partial charge in [0.1, 0.15) is 0 Å². The molecule has 0 spiro atoms. The van der Waals surface area contributed by atoms with Crippen LogP contribution in [0, 0.1) is 0 Å². The van der Waals surface area contributed by atoms with E-state index in [0.717, 1.165) is 49.9 Å². The summed E-state index contributed by atoms with van der Waals surface area (Å²) >= 11 is 8.80. The summed E-state index contributed by atoms with van der Waals surface area (Å²) in [5, 5.41) is 7.05. The van der Waals surface area contributed by atoms with Gasteiger partial charge < -0.3 is 10.2 Å². The first-order valence-corrected chi connectivity index (χ1v) is 14.4. The van der Waals surface area contributed by atoms with Gasteiger partial charge in [0.15, 0.2) is 10.3 Å². The Labute approximate surface area is 228 Å². The van der Waals surface area contributed by atoms with Gasteiger partial charge in [0, 0.05) is 55.0 Å². The predicted molar refractivity (Wildman–Crippen MR) is 152 cm³/mol. The van der Waals surface area contributed by atoms with Gasteiger partial charge in [-0.15, -0.1) is 11.3 Å². The first-order chi connectivity index (χ1) is 18.1. The van der Waals surface area contributed by atoms with Crippen molar-refractivity contribution < 1.29 is 4.79 Å². The van der Waals surface area contributed by atoms with Crippen molar-refractivity contribution in [3.8, 4) is 0 Å². The lowest BCUT2D eigenvalue weighted by Crippen LogP contribution is -2.46. The van der Waals surface area contributed by atoms with Gasteiger partial charge in [-0.1, -0.05) is 41.6 Å². The van der Waals surface area contributed by atoms with Crippen LogP contribution >= 0.6 is 34.7 Å². The van der Waals surface area contributed by atoms with Gasteiger partial charge in [-0.3, -0.25) is 19.1 Å². The molecule has 1 N–H and O–H groups in total. The molecule has 0 unspecified atom stereocenters. The zero-order valence-corrected chi connectivity index (χ0v) is 22.6. The van der Waals surface area contributed by atoms with Crippen LogP contribution in [-0.2, 0) is 11.3 Å². The zero-order valence-electron chi connectivity index (χ0n) is 20.2. The second-order valence-corrected chi connectivity index (χ2v) is 11.0. The third-order valence-corrected chi connectivity index (χ3v) is 8.14.